The lowest BCUT2D eigenvalue weighted by Crippen LogP contribution is -2.45. The molecule has 7 nitrogen and oxygen atoms in total. The minimum Gasteiger partial charge on any atom is -0.495 e. The lowest BCUT2D eigenvalue weighted by Gasteiger charge is -2.23. The number of para-hydroxylation sites is 2. The van der Waals surface area contributed by atoms with Crippen LogP contribution in [-0.4, -0.2) is 71.7 Å². The van der Waals surface area contributed by atoms with Crippen molar-refractivity contribution in [2.24, 2.45) is 4.99 Å². The maximum Gasteiger partial charge on any atom is 0.191 e. The number of anilines is 1. The number of rotatable bonds is 8. The van der Waals surface area contributed by atoms with Gasteiger partial charge in [0, 0.05) is 52.5 Å². The van der Waals surface area contributed by atoms with Gasteiger partial charge < -0.3 is 29.7 Å². The molecule has 3 rings (SSSR count). The Labute approximate surface area is 168 Å². The summed E-state index contributed by atoms with van der Waals surface area (Å²) in [6, 6.07) is 8.56. The van der Waals surface area contributed by atoms with Crippen molar-refractivity contribution in [3.05, 3.63) is 24.3 Å². The molecule has 1 atom stereocenters. The maximum absolute atomic E-state index is 5.92. The third-order valence-corrected chi connectivity index (χ3v) is 5.31. The topological polar surface area (TPSA) is 67.4 Å². The van der Waals surface area contributed by atoms with Crippen molar-refractivity contribution in [2.45, 2.75) is 37.8 Å². The molecule has 2 N–H and O–H groups in total. The minimum atomic E-state index is 0.366. The predicted octanol–water partition coefficient (Wildman–Crippen LogP) is 2.02. The zero-order chi connectivity index (χ0) is 19.6. The smallest absolute Gasteiger partial charge is 0.191 e. The summed E-state index contributed by atoms with van der Waals surface area (Å²) in [5.74, 6) is 1.79. The molecule has 0 radical (unpaired) electrons. The van der Waals surface area contributed by atoms with Crippen molar-refractivity contribution in [1.82, 2.24) is 10.6 Å². The van der Waals surface area contributed by atoms with Crippen LogP contribution in [0.15, 0.2) is 29.3 Å². The molecular formula is C21H34N4O3. The van der Waals surface area contributed by atoms with Crippen LogP contribution in [0.1, 0.15) is 25.7 Å². The fraction of sp³-hybridized carbons (Fsp3) is 0.667. The Balaban J connectivity index is 1.35. The summed E-state index contributed by atoms with van der Waals surface area (Å²) in [4.78, 5) is 6.73. The third-order valence-electron chi connectivity index (χ3n) is 5.31. The summed E-state index contributed by atoms with van der Waals surface area (Å²) >= 11 is 0. The summed E-state index contributed by atoms with van der Waals surface area (Å²) in [6.07, 6.45) is 4.44. The normalized spacial score (nSPS) is 21.0. The zero-order valence-electron chi connectivity index (χ0n) is 17.2. The second kappa shape index (κ2) is 11.1. The van der Waals surface area contributed by atoms with E-state index in [1.54, 1.807) is 7.11 Å². The van der Waals surface area contributed by atoms with Gasteiger partial charge >= 0.3 is 0 Å². The van der Waals surface area contributed by atoms with Crippen LogP contribution >= 0.6 is 0 Å². The monoisotopic (exact) mass is 390 g/mol. The molecule has 2 aliphatic heterocycles. The molecule has 0 bridgehead atoms. The Hall–Kier alpha value is -1.99. The molecule has 0 amide bonds. The Morgan fingerprint density at radius 3 is 2.86 bits per heavy atom. The summed E-state index contributed by atoms with van der Waals surface area (Å²) in [5, 5.41) is 6.94. The zero-order valence-corrected chi connectivity index (χ0v) is 17.2. The fourth-order valence-corrected chi connectivity index (χ4v) is 3.75. The average Bonchev–Trinajstić information content (AvgIpc) is 3.21. The van der Waals surface area contributed by atoms with Crippen molar-refractivity contribution in [3.63, 3.8) is 0 Å². The van der Waals surface area contributed by atoms with Gasteiger partial charge in [0.2, 0.25) is 0 Å². The number of nitrogens with zero attached hydrogens (tertiary/aromatic N) is 2. The Morgan fingerprint density at radius 1 is 1.25 bits per heavy atom. The summed E-state index contributed by atoms with van der Waals surface area (Å²) in [7, 11) is 3.54. The molecule has 2 heterocycles. The van der Waals surface area contributed by atoms with Crippen molar-refractivity contribution < 1.29 is 14.2 Å². The van der Waals surface area contributed by atoms with Crippen LogP contribution in [-0.2, 0) is 9.47 Å². The highest BCUT2D eigenvalue weighted by Gasteiger charge is 2.25. The van der Waals surface area contributed by atoms with E-state index in [0.717, 1.165) is 82.5 Å². The van der Waals surface area contributed by atoms with Gasteiger partial charge in [-0.3, -0.25) is 4.99 Å². The van der Waals surface area contributed by atoms with Crippen molar-refractivity contribution in [3.8, 4) is 5.75 Å². The van der Waals surface area contributed by atoms with E-state index in [9.17, 15) is 0 Å². The number of methoxy groups -OCH3 is 1. The second-order valence-electron chi connectivity index (χ2n) is 7.28. The van der Waals surface area contributed by atoms with Crippen LogP contribution in [0.4, 0.5) is 5.69 Å². The van der Waals surface area contributed by atoms with Gasteiger partial charge in [0.1, 0.15) is 5.75 Å². The Bertz CT molecular complexity index is 619. The average molecular weight is 391 g/mol. The van der Waals surface area contributed by atoms with E-state index in [1.165, 1.54) is 0 Å². The molecule has 0 aromatic heterocycles. The number of hydrogen-bond acceptors (Lipinski definition) is 5. The standard InChI is InChI=1S/C21H34N4O3/c1-22-21(23-11-5-13-28-18-9-14-27-15-10-18)24-17-8-12-25(16-17)19-6-3-4-7-20(19)26-2/h3-4,6-7,17-18H,5,8-16H2,1-2H3,(H2,22,23,24). The van der Waals surface area contributed by atoms with E-state index < -0.39 is 0 Å². The summed E-state index contributed by atoms with van der Waals surface area (Å²) in [6.45, 7) is 5.23. The lowest BCUT2D eigenvalue weighted by atomic mass is 10.1. The molecule has 2 fully saturated rings. The number of hydrogen-bond donors (Lipinski definition) is 2. The van der Waals surface area contributed by atoms with Gasteiger partial charge in [0.05, 0.1) is 18.9 Å². The number of benzene rings is 1. The molecule has 2 saturated heterocycles. The van der Waals surface area contributed by atoms with Gasteiger partial charge in [0.15, 0.2) is 5.96 Å². The number of nitrogens with one attached hydrogen (secondary N) is 2. The molecule has 0 aliphatic carbocycles. The number of guanidine groups is 1. The highest BCUT2D eigenvalue weighted by Crippen LogP contribution is 2.30. The van der Waals surface area contributed by atoms with Gasteiger partial charge in [-0.15, -0.1) is 0 Å². The van der Waals surface area contributed by atoms with E-state index >= 15 is 0 Å². The molecule has 156 valence electrons. The Morgan fingerprint density at radius 2 is 2.07 bits per heavy atom. The van der Waals surface area contributed by atoms with Crippen LogP contribution in [0.3, 0.4) is 0 Å². The summed E-state index contributed by atoms with van der Waals surface area (Å²) < 4.78 is 16.8. The maximum atomic E-state index is 5.92. The van der Waals surface area contributed by atoms with Crippen molar-refractivity contribution in [1.29, 1.82) is 0 Å². The van der Waals surface area contributed by atoms with Crippen LogP contribution in [0, 0.1) is 0 Å². The van der Waals surface area contributed by atoms with Crippen LogP contribution in [0.25, 0.3) is 0 Å². The van der Waals surface area contributed by atoms with E-state index in [0.29, 0.717) is 12.1 Å². The van der Waals surface area contributed by atoms with E-state index in [2.05, 4.69) is 32.7 Å². The van der Waals surface area contributed by atoms with Gasteiger partial charge in [-0.2, -0.15) is 0 Å². The first-order valence-electron chi connectivity index (χ1n) is 10.3. The predicted molar refractivity (Wildman–Crippen MR) is 113 cm³/mol. The number of ether oxygens (including phenoxy) is 3. The quantitative estimate of drug-likeness (QED) is 0.402. The van der Waals surface area contributed by atoms with Crippen molar-refractivity contribution >= 4 is 11.6 Å². The van der Waals surface area contributed by atoms with Gasteiger partial charge in [-0.1, -0.05) is 12.1 Å². The lowest BCUT2D eigenvalue weighted by molar-refractivity contribution is -0.0320. The van der Waals surface area contributed by atoms with E-state index in [-0.39, 0.29) is 0 Å². The highest BCUT2D eigenvalue weighted by atomic mass is 16.5. The van der Waals surface area contributed by atoms with Crippen LogP contribution in [0.2, 0.25) is 0 Å². The second-order valence-corrected chi connectivity index (χ2v) is 7.28. The molecular weight excluding hydrogens is 356 g/mol. The molecule has 1 aromatic carbocycles. The Kier molecular flexibility index (Phi) is 8.23. The first kappa shape index (κ1) is 20.7. The van der Waals surface area contributed by atoms with E-state index in [1.807, 2.05) is 19.2 Å². The van der Waals surface area contributed by atoms with Gasteiger partial charge in [-0.05, 0) is 37.8 Å². The van der Waals surface area contributed by atoms with Crippen molar-refractivity contribution in [2.75, 3.05) is 58.5 Å². The highest BCUT2D eigenvalue weighted by molar-refractivity contribution is 5.80. The largest absolute Gasteiger partial charge is 0.495 e. The molecule has 7 heteroatoms. The molecule has 2 aliphatic rings. The summed E-state index contributed by atoms with van der Waals surface area (Å²) in [5.41, 5.74) is 1.16. The van der Waals surface area contributed by atoms with Gasteiger partial charge in [0.25, 0.3) is 0 Å². The molecule has 1 unspecified atom stereocenters. The number of aliphatic imine (C=N–C) groups is 1. The molecule has 1 aromatic rings. The molecule has 0 spiro atoms. The first-order chi connectivity index (χ1) is 13.8. The van der Waals surface area contributed by atoms with Crippen LogP contribution < -0.4 is 20.3 Å². The minimum absolute atomic E-state index is 0.366. The van der Waals surface area contributed by atoms with Gasteiger partial charge in [-0.25, -0.2) is 0 Å². The third kappa shape index (κ3) is 6.01. The first-order valence-corrected chi connectivity index (χ1v) is 10.3. The molecule has 28 heavy (non-hydrogen) atoms. The SMILES string of the molecule is CN=C(NCCCOC1CCOCC1)NC1CCN(c2ccccc2OC)C1. The van der Waals surface area contributed by atoms with Crippen LogP contribution in [0.5, 0.6) is 5.75 Å². The van der Waals surface area contributed by atoms with E-state index in [4.69, 9.17) is 14.2 Å². The molecule has 0 saturated carbocycles. The fourth-order valence-electron chi connectivity index (χ4n) is 3.75.